The predicted octanol–water partition coefficient (Wildman–Crippen LogP) is 3.97. The fourth-order valence-electron chi connectivity index (χ4n) is 1.53. The number of rotatable bonds is 3. The highest BCUT2D eigenvalue weighted by molar-refractivity contribution is 5.50. The summed E-state index contributed by atoms with van der Waals surface area (Å²) in [7, 11) is 0. The molecule has 6 heteroatoms. The van der Waals surface area contributed by atoms with E-state index in [9.17, 15) is 18.9 Å². The van der Waals surface area contributed by atoms with Crippen LogP contribution >= 0.6 is 0 Å². The third-order valence-electron chi connectivity index (χ3n) is 2.42. The van der Waals surface area contributed by atoms with Gasteiger partial charge in [0, 0.05) is 12.1 Å². The van der Waals surface area contributed by atoms with Gasteiger partial charge in [-0.25, -0.2) is 8.78 Å². The van der Waals surface area contributed by atoms with E-state index in [0.29, 0.717) is 5.56 Å². The van der Waals surface area contributed by atoms with Crippen molar-refractivity contribution in [1.29, 1.82) is 0 Å². The number of nitro benzene ring substituents is 1. The first-order chi connectivity index (χ1) is 8.97. The zero-order valence-corrected chi connectivity index (χ0v) is 9.89. The molecule has 0 N–H and O–H groups in total. The minimum Gasteiger partial charge on any atom is -0.447 e. The van der Waals surface area contributed by atoms with Crippen molar-refractivity contribution in [1.82, 2.24) is 0 Å². The molecular weight excluding hydrogens is 256 g/mol. The summed E-state index contributed by atoms with van der Waals surface area (Å²) in [5.74, 6) is -2.02. The average molecular weight is 265 g/mol. The first-order valence-corrected chi connectivity index (χ1v) is 5.35. The Bertz CT molecular complexity index is 644. The quantitative estimate of drug-likeness (QED) is 0.623. The number of halogens is 2. The number of nitrogens with zero attached hydrogens (tertiary/aromatic N) is 1. The first kappa shape index (κ1) is 12.9. The highest BCUT2D eigenvalue weighted by atomic mass is 19.1. The highest BCUT2D eigenvalue weighted by Crippen LogP contribution is 2.33. The van der Waals surface area contributed by atoms with Gasteiger partial charge in [-0.05, 0) is 30.7 Å². The number of benzene rings is 2. The molecule has 0 bridgehead atoms. The fraction of sp³-hybridized carbons (Fsp3) is 0.0769. The summed E-state index contributed by atoms with van der Waals surface area (Å²) in [6, 6.07) is 6.89. The molecule has 0 saturated carbocycles. The van der Waals surface area contributed by atoms with E-state index in [2.05, 4.69) is 0 Å². The van der Waals surface area contributed by atoms with Crippen molar-refractivity contribution in [3.63, 3.8) is 0 Å². The van der Waals surface area contributed by atoms with E-state index >= 15 is 0 Å². The van der Waals surface area contributed by atoms with Crippen LogP contribution < -0.4 is 4.74 Å². The Balaban J connectivity index is 2.43. The van der Waals surface area contributed by atoms with Crippen LogP contribution in [0, 0.1) is 28.7 Å². The Morgan fingerprint density at radius 2 is 1.84 bits per heavy atom. The molecule has 98 valence electrons. The van der Waals surface area contributed by atoms with Crippen molar-refractivity contribution in [2.75, 3.05) is 0 Å². The van der Waals surface area contributed by atoms with Crippen molar-refractivity contribution in [2.24, 2.45) is 0 Å². The molecule has 0 aromatic heterocycles. The third kappa shape index (κ3) is 2.85. The second-order valence-corrected chi connectivity index (χ2v) is 3.91. The summed E-state index contributed by atoms with van der Waals surface area (Å²) in [5.41, 5.74) is 0.363. The van der Waals surface area contributed by atoms with Gasteiger partial charge in [0.15, 0.2) is 11.6 Å². The van der Waals surface area contributed by atoms with E-state index in [1.807, 2.05) is 0 Å². The molecule has 0 aliphatic carbocycles. The summed E-state index contributed by atoms with van der Waals surface area (Å²) in [4.78, 5) is 10.2. The lowest BCUT2D eigenvalue weighted by Crippen LogP contribution is -1.96. The number of aryl methyl sites for hydroxylation is 1. The van der Waals surface area contributed by atoms with E-state index in [1.165, 1.54) is 12.1 Å². The van der Waals surface area contributed by atoms with Gasteiger partial charge < -0.3 is 4.74 Å². The molecule has 0 fully saturated rings. The second kappa shape index (κ2) is 5.01. The lowest BCUT2D eigenvalue weighted by molar-refractivity contribution is -0.385. The molecule has 2 aromatic carbocycles. The number of hydrogen-bond donors (Lipinski definition) is 0. The molecule has 0 saturated heterocycles. The summed E-state index contributed by atoms with van der Waals surface area (Å²) in [6.07, 6.45) is 0. The van der Waals surface area contributed by atoms with Crippen LogP contribution in [0.3, 0.4) is 0 Å². The van der Waals surface area contributed by atoms with Crippen molar-refractivity contribution in [2.45, 2.75) is 6.92 Å². The normalized spacial score (nSPS) is 10.3. The molecule has 0 amide bonds. The van der Waals surface area contributed by atoms with Crippen LogP contribution in [0.1, 0.15) is 5.56 Å². The topological polar surface area (TPSA) is 52.4 Å². The Hall–Kier alpha value is -2.50. The van der Waals surface area contributed by atoms with Crippen LogP contribution in [-0.4, -0.2) is 4.92 Å². The van der Waals surface area contributed by atoms with Gasteiger partial charge in [0.1, 0.15) is 5.82 Å². The fourth-order valence-corrected chi connectivity index (χ4v) is 1.53. The van der Waals surface area contributed by atoms with Crippen LogP contribution in [0.4, 0.5) is 14.5 Å². The summed E-state index contributed by atoms with van der Waals surface area (Å²) < 4.78 is 31.5. The second-order valence-electron chi connectivity index (χ2n) is 3.91. The third-order valence-corrected chi connectivity index (χ3v) is 2.42. The molecule has 0 unspecified atom stereocenters. The van der Waals surface area contributed by atoms with Crippen molar-refractivity contribution < 1.29 is 18.4 Å². The Labute approximate surface area is 107 Å². The molecule has 0 heterocycles. The summed E-state index contributed by atoms with van der Waals surface area (Å²) in [6.45, 7) is 1.68. The van der Waals surface area contributed by atoms with E-state index < -0.39 is 22.3 Å². The van der Waals surface area contributed by atoms with Crippen LogP contribution in [0.2, 0.25) is 0 Å². The van der Waals surface area contributed by atoms with Gasteiger partial charge in [-0.3, -0.25) is 10.1 Å². The Kier molecular flexibility index (Phi) is 3.41. The predicted molar refractivity (Wildman–Crippen MR) is 64.3 cm³/mol. The minimum atomic E-state index is -0.795. The number of hydrogen-bond acceptors (Lipinski definition) is 3. The van der Waals surface area contributed by atoms with Gasteiger partial charge in [0.05, 0.1) is 4.92 Å². The molecule has 0 atom stereocenters. The van der Waals surface area contributed by atoms with Crippen molar-refractivity contribution >= 4 is 5.69 Å². The van der Waals surface area contributed by atoms with Gasteiger partial charge in [-0.1, -0.05) is 6.07 Å². The number of nitro groups is 1. The molecule has 0 aliphatic rings. The molecule has 0 aliphatic heterocycles. The van der Waals surface area contributed by atoms with Gasteiger partial charge in [-0.15, -0.1) is 0 Å². The largest absolute Gasteiger partial charge is 0.447 e. The first-order valence-electron chi connectivity index (χ1n) is 5.35. The van der Waals surface area contributed by atoms with Gasteiger partial charge in [0.2, 0.25) is 5.75 Å². The Morgan fingerprint density at radius 3 is 2.53 bits per heavy atom. The average Bonchev–Trinajstić information content (AvgIpc) is 2.35. The van der Waals surface area contributed by atoms with E-state index in [4.69, 9.17) is 4.74 Å². The van der Waals surface area contributed by atoms with Crippen LogP contribution in [0.15, 0.2) is 36.4 Å². The van der Waals surface area contributed by atoms with E-state index in [-0.39, 0.29) is 11.4 Å². The van der Waals surface area contributed by atoms with Gasteiger partial charge in [-0.2, -0.15) is 0 Å². The van der Waals surface area contributed by atoms with E-state index in [0.717, 1.165) is 18.2 Å². The number of ether oxygens (including phenoxy) is 1. The SMILES string of the molecule is Cc1ccc(Oc2cc(F)ccc2F)c([N+](=O)[O-])c1. The van der Waals surface area contributed by atoms with Gasteiger partial charge >= 0.3 is 5.69 Å². The monoisotopic (exact) mass is 265 g/mol. The van der Waals surface area contributed by atoms with Gasteiger partial charge in [0.25, 0.3) is 0 Å². The molecule has 2 rings (SSSR count). The maximum absolute atomic E-state index is 13.4. The van der Waals surface area contributed by atoms with Crippen molar-refractivity contribution in [3.05, 3.63) is 63.7 Å². The molecule has 0 spiro atoms. The van der Waals surface area contributed by atoms with Crippen LogP contribution in [0.25, 0.3) is 0 Å². The minimum absolute atomic E-state index is 0.139. The molecule has 19 heavy (non-hydrogen) atoms. The molecular formula is C13H9F2NO3. The molecule has 2 aromatic rings. The lowest BCUT2D eigenvalue weighted by atomic mass is 10.2. The zero-order valence-electron chi connectivity index (χ0n) is 9.89. The summed E-state index contributed by atoms with van der Waals surface area (Å²) >= 11 is 0. The van der Waals surface area contributed by atoms with Crippen molar-refractivity contribution in [3.8, 4) is 11.5 Å². The maximum Gasteiger partial charge on any atom is 0.311 e. The smallest absolute Gasteiger partial charge is 0.311 e. The van der Waals surface area contributed by atoms with Crippen LogP contribution in [0.5, 0.6) is 11.5 Å². The summed E-state index contributed by atoms with van der Waals surface area (Å²) in [5, 5.41) is 10.9. The standard InChI is InChI=1S/C13H9F2NO3/c1-8-2-5-12(11(6-8)16(17)18)19-13-7-9(14)3-4-10(13)15/h2-7H,1H3. The lowest BCUT2D eigenvalue weighted by Gasteiger charge is -2.07. The maximum atomic E-state index is 13.4. The Morgan fingerprint density at radius 1 is 1.11 bits per heavy atom. The molecule has 4 nitrogen and oxygen atoms in total. The highest BCUT2D eigenvalue weighted by Gasteiger charge is 2.17. The van der Waals surface area contributed by atoms with E-state index in [1.54, 1.807) is 13.0 Å². The molecule has 0 radical (unpaired) electrons. The zero-order chi connectivity index (χ0) is 14.0. The van der Waals surface area contributed by atoms with Crippen LogP contribution in [-0.2, 0) is 0 Å².